The maximum absolute atomic E-state index is 13.2. The second-order valence-electron chi connectivity index (χ2n) is 8.49. The molecule has 0 spiro atoms. The van der Waals surface area contributed by atoms with E-state index >= 15 is 0 Å². The molecule has 0 aromatic heterocycles. The number of allylic oxidation sites excluding steroid dienone is 2. The van der Waals surface area contributed by atoms with Gasteiger partial charge in [0.15, 0.2) is 0 Å². The van der Waals surface area contributed by atoms with Gasteiger partial charge in [-0.05, 0) is 54.3 Å². The highest BCUT2D eigenvalue weighted by Gasteiger charge is 2.40. The molecule has 2 aliphatic rings. The van der Waals surface area contributed by atoms with E-state index in [-0.39, 0.29) is 39.1 Å². The number of hydrogen-bond donors (Lipinski definition) is 2. The second kappa shape index (κ2) is 8.90. The average molecular weight is 512 g/mol. The lowest BCUT2D eigenvalue weighted by atomic mass is 9.76. The van der Waals surface area contributed by atoms with Crippen molar-refractivity contribution in [2.75, 3.05) is 17.1 Å². The molecule has 3 atom stereocenters. The number of nitrogens with one attached hydrogen (secondary N) is 2. The first kappa shape index (κ1) is 23.2. The van der Waals surface area contributed by atoms with Gasteiger partial charge in [-0.2, -0.15) is 0 Å². The zero-order valence-electron chi connectivity index (χ0n) is 18.6. The predicted molar refractivity (Wildman–Crippen MR) is 135 cm³/mol. The van der Waals surface area contributed by atoms with E-state index in [1.54, 1.807) is 42.5 Å². The summed E-state index contributed by atoms with van der Waals surface area (Å²) in [5, 5.41) is 15.5. The molecule has 2 N–H and O–H groups in total. The van der Waals surface area contributed by atoms with E-state index in [1.165, 1.54) is 25.3 Å². The smallest absolute Gasteiger partial charge is 0.274 e. The van der Waals surface area contributed by atoms with Crippen LogP contribution in [0.2, 0.25) is 5.02 Å². The molecule has 10 heteroatoms. The zero-order chi connectivity index (χ0) is 24.7. The molecule has 35 heavy (non-hydrogen) atoms. The highest BCUT2D eigenvalue weighted by Crippen LogP contribution is 2.51. The third-order valence-corrected chi connectivity index (χ3v) is 8.12. The van der Waals surface area contributed by atoms with Crippen molar-refractivity contribution in [3.05, 3.63) is 99.1 Å². The van der Waals surface area contributed by atoms with Crippen LogP contribution in [0.15, 0.2) is 77.7 Å². The molecular weight excluding hydrogens is 490 g/mol. The van der Waals surface area contributed by atoms with Crippen LogP contribution in [-0.4, -0.2) is 20.5 Å². The third-order valence-electron chi connectivity index (χ3n) is 6.52. The first-order valence-corrected chi connectivity index (χ1v) is 12.8. The number of nitro benzene ring substituents is 1. The van der Waals surface area contributed by atoms with Crippen LogP contribution in [0.3, 0.4) is 0 Å². The zero-order valence-corrected chi connectivity index (χ0v) is 20.2. The summed E-state index contributed by atoms with van der Waals surface area (Å²) in [6, 6.07) is 16.0. The molecule has 1 aliphatic carbocycles. The Morgan fingerprint density at radius 2 is 1.91 bits per heavy atom. The van der Waals surface area contributed by atoms with Crippen LogP contribution >= 0.6 is 11.6 Å². The summed E-state index contributed by atoms with van der Waals surface area (Å²) in [6.07, 6.45) is 4.82. The molecule has 8 nitrogen and oxygen atoms in total. The van der Waals surface area contributed by atoms with Gasteiger partial charge in [-0.25, -0.2) is 8.42 Å². The Labute approximate surface area is 207 Å². The van der Waals surface area contributed by atoms with Gasteiger partial charge >= 0.3 is 0 Å². The summed E-state index contributed by atoms with van der Waals surface area (Å²) in [7, 11) is -2.49. The molecule has 0 radical (unpaired) electrons. The number of nitrogens with zero attached hydrogens (tertiary/aromatic N) is 1. The van der Waals surface area contributed by atoms with Crippen molar-refractivity contribution in [3.63, 3.8) is 0 Å². The first-order valence-electron chi connectivity index (χ1n) is 11.0. The number of para-hydroxylation sites is 1. The van der Waals surface area contributed by atoms with Crippen LogP contribution in [0.4, 0.5) is 17.1 Å². The fraction of sp³-hybridized carbons (Fsp3) is 0.200. The summed E-state index contributed by atoms with van der Waals surface area (Å²) in [4.78, 5) is 11.4. The summed E-state index contributed by atoms with van der Waals surface area (Å²) < 4.78 is 34.3. The molecule has 0 saturated carbocycles. The Kier molecular flexibility index (Phi) is 5.90. The number of halogens is 1. The van der Waals surface area contributed by atoms with Crippen molar-refractivity contribution in [2.45, 2.75) is 23.3 Å². The number of nitro groups is 1. The lowest BCUT2D eigenvalue weighted by Crippen LogP contribution is -2.30. The second-order valence-corrected chi connectivity index (χ2v) is 10.6. The van der Waals surface area contributed by atoms with Crippen molar-refractivity contribution in [3.8, 4) is 5.75 Å². The number of anilines is 2. The van der Waals surface area contributed by atoms with Gasteiger partial charge < -0.3 is 10.1 Å². The number of rotatable bonds is 6. The molecule has 0 bridgehead atoms. The Hall–Kier alpha value is -3.56. The molecule has 180 valence electrons. The van der Waals surface area contributed by atoms with Gasteiger partial charge in [0.25, 0.3) is 15.7 Å². The van der Waals surface area contributed by atoms with E-state index in [0.717, 1.165) is 17.7 Å². The number of benzene rings is 3. The minimum Gasteiger partial charge on any atom is -0.495 e. The first-order chi connectivity index (χ1) is 16.8. The monoisotopic (exact) mass is 511 g/mol. The highest BCUT2D eigenvalue weighted by molar-refractivity contribution is 7.92. The van der Waals surface area contributed by atoms with Crippen LogP contribution in [0.5, 0.6) is 5.75 Å². The van der Waals surface area contributed by atoms with Gasteiger partial charge in [-0.1, -0.05) is 42.0 Å². The van der Waals surface area contributed by atoms with Gasteiger partial charge in [-0.3, -0.25) is 14.8 Å². The van der Waals surface area contributed by atoms with E-state index in [1.807, 2.05) is 6.08 Å². The topological polar surface area (TPSA) is 111 Å². The number of ether oxygens (including phenoxy) is 1. The summed E-state index contributed by atoms with van der Waals surface area (Å²) >= 11 is 6.05. The molecule has 3 aromatic carbocycles. The molecule has 1 heterocycles. The van der Waals surface area contributed by atoms with E-state index in [4.69, 9.17) is 16.3 Å². The van der Waals surface area contributed by atoms with Crippen molar-refractivity contribution >= 4 is 38.7 Å². The van der Waals surface area contributed by atoms with Crippen molar-refractivity contribution in [1.82, 2.24) is 0 Å². The van der Waals surface area contributed by atoms with Crippen molar-refractivity contribution in [1.29, 1.82) is 0 Å². The van der Waals surface area contributed by atoms with Crippen molar-refractivity contribution in [2.24, 2.45) is 5.92 Å². The molecule has 1 aliphatic heterocycles. The van der Waals surface area contributed by atoms with Crippen LogP contribution < -0.4 is 14.8 Å². The van der Waals surface area contributed by atoms with E-state index < -0.39 is 10.0 Å². The number of methoxy groups -OCH3 is 1. The lowest BCUT2D eigenvalue weighted by Gasteiger charge is -2.37. The quantitative estimate of drug-likeness (QED) is 0.243. The average Bonchev–Trinajstić information content (AvgIpc) is 3.33. The summed E-state index contributed by atoms with van der Waals surface area (Å²) in [5.41, 5.74) is 2.51. The largest absolute Gasteiger partial charge is 0.495 e. The fourth-order valence-corrected chi connectivity index (χ4v) is 6.20. The molecule has 3 aromatic rings. The van der Waals surface area contributed by atoms with Crippen LogP contribution in [0.1, 0.15) is 29.5 Å². The molecule has 0 amide bonds. The van der Waals surface area contributed by atoms with Crippen molar-refractivity contribution < 1.29 is 18.1 Å². The highest BCUT2D eigenvalue weighted by atomic mass is 35.5. The standard InChI is InChI=1S/C25H22ClN3O5S/c1-34-24-12-9-15(26)13-22(24)28-35(32,33)16-10-11-21-20(14-16)17-6-4-7-18(17)25(27-21)19-5-2-3-8-23(19)29(30)31/h2-6,8-14,17-18,25,27-28H,7H2,1H3/t17-,18+,25-/m0/s1. The van der Waals surface area contributed by atoms with E-state index in [9.17, 15) is 18.5 Å². The third kappa shape index (κ3) is 4.21. The Morgan fingerprint density at radius 1 is 1.11 bits per heavy atom. The maximum Gasteiger partial charge on any atom is 0.274 e. The van der Waals surface area contributed by atoms with Crippen LogP contribution in [-0.2, 0) is 10.0 Å². The SMILES string of the molecule is COc1ccc(Cl)cc1NS(=O)(=O)c1ccc2c(c1)[C@H]1C=CC[C@H]1[C@@H](c1ccccc1[N+](=O)[O-])N2. The van der Waals surface area contributed by atoms with Gasteiger partial charge in [0.05, 0.1) is 34.2 Å². The van der Waals surface area contributed by atoms with Crippen LogP contribution in [0.25, 0.3) is 0 Å². The van der Waals surface area contributed by atoms with Gasteiger partial charge in [0.1, 0.15) is 5.75 Å². The summed E-state index contributed by atoms with van der Waals surface area (Å²) in [5.74, 6) is 0.290. The molecule has 0 unspecified atom stereocenters. The van der Waals surface area contributed by atoms with E-state index in [2.05, 4.69) is 16.1 Å². The Bertz CT molecular complexity index is 1460. The minimum atomic E-state index is -3.94. The molecule has 0 fully saturated rings. The van der Waals surface area contributed by atoms with E-state index in [0.29, 0.717) is 16.3 Å². The Morgan fingerprint density at radius 3 is 2.69 bits per heavy atom. The number of hydrogen-bond acceptors (Lipinski definition) is 6. The van der Waals surface area contributed by atoms with Gasteiger partial charge in [0, 0.05) is 22.7 Å². The lowest BCUT2D eigenvalue weighted by molar-refractivity contribution is -0.385. The number of fused-ring (bicyclic) bond motifs is 3. The molecule has 5 rings (SSSR count). The van der Waals surface area contributed by atoms with Gasteiger partial charge in [0.2, 0.25) is 0 Å². The molecule has 0 saturated heterocycles. The molecular formula is C25H22ClN3O5S. The maximum atomic E-state index is 13.2. The van der Waals surface area contributed by atoms with Crippen LogP contribution in [0, 0.1) is 16.0 Å². The summed E-state index contributed by atoms with van der Waals surface area (Å²) in [6.45, 7) is 0. The normalized spacial score (nSPS) is 20.5. The van der Waals surface area contributed by atoms with Gasteiger partial charge in [-0.15, -0.1) is 0 Å². The predicted octanol–water partition coefficient (Wildman–Crippen LogP) is 5.88. The minimum absolute atomic E-state index is 0.0162. The fourth-order valence-electron chi connectivity index (χ4n) is 4.93. The Balaban J connectivity index is 1.52. The number of sulfonamides is 1.